The lowest BCUT2D eigenvalue weighted by atomic mass is 9.72. The maximum absolute atomic E-state index is 12.8. The van der Waals surface area contributed by atoms with E-state index in [1.165, 1.54) is 4.90 Å². The van der Waals surface area contributed by atoms with Gasteiger partial charge in [0.25, 0.3) is 5.91 Å². The van der Waals surface area contributed by atoms with Crippen molar-refractivity contribution in [3.8, 4) is 0 Å². The van der Waals surface area contributed by atoms with E-state index in [-0.39, 0.29) is 25.3 Å². The molecule has 5 nitrogen and oxygen atoms in total. The molecule has 136 valence electrons. The van der Waals surface area contributed by atoms with E-state index in [1.807, 2.05) is 30.3 Å². The third-order valence-corrected chi connectivity index (χ3v) is 5.20. The number of carboxylic acid groups (broad SMARTS) is 1. The van der Waals surface area contributed by atoms with Crippen molar-refractivity contribution in [2.24, 2.45) is 5.41 Å². The fourth-order valence-corrected chi connectivity index (χ4v) is 3.57. The molecule has 1 heterocycles. The molecule has 0 unspecified atom stereocenters. The third kappa shape index (κ3) is 3.59. The standard InChI is InChI=1S/C20H20ClNO4/c21-16-8-6-15(7-9-16)18(24)22-11-10-17(23)20(13-22,19(25)26)12-14-4-2-1-3-5-14/h1-9,17,23H,10-13H2,(H,25,26)/t17-,20+/m0/s1. The molecule has 1 fully saturated rings. The number of benzene rings is 2. The average molecular weight is 374 g/mol. The first-order valence-electron chi connectivity index (χ1n) is 8.42. The van der Waals surface area contributed by atoms with Gasteiger partial charge < -0.3 is 15.1 Å². The van der Waals surface area contributed by atoms with Crippen LogP contribution in [-0.4, -0.2) is 46.2 Å². The minimum absolute atomic E-state index is 0.0418. The van der Waals surface area contributed by atoms with Crippen LogP contribution in [-0.2, 0) is 11.2 Å². The molecule has 0 aliphatic carbocycles. The molecule has 0 radical (unpaired) electrons. The van der Waals surface area contributed by atoms with Crippen LogP contribution in [0.3, 0.4) is 0 Å². The summed E-state index contributed by atoms with van der Waals surface area (Å²) >= 11 is 5.86. The van der Waals surface area contributed by atoms with Crippen LogP contribution in [0.5, 0.6) is 0 Å². The van der Waals surface area contributed by atoms with Crippen molar-refractivity contribution in [2.45, 2.75) is 18.9 Å². The Kier molecular flexibility index (Phi) is 5.30. The van der Waals surface area contributed by atoms with Crippen LogP contribution in [0.2, 0.25) is 5.02 Å². The highest BCUT2D eigenvalue weighted by Gasteiger charge is 2.50. The second-order valence-corrected chi connectivity index (χ2v) is 7.10. The van der Waals surface area contributed by atoms with E-state index in [0.29, 0.717) is 17.1 Å². The van der Waals surface area contributed by atoms with Gasteiger partial charge in [-0.15, -0.1) is 0 Å². The van der Waals surface area contributed by atoms with Crippen molar-refractivity contribution >= 4 is 23.5 Å². The molecule has 0 spiro atoms. The van der Waals surface area contributed by atoms with E-state index in [1.54, 1.807) is 24.3 Å². The molecule has 2 N–H and O–H groups in total. The molecule has 2 atom stereocenters. The Balaban J connectivity index is 1.88. The van der Waals surface area contributed by atoms with Gasteiger partial charge in [0.15, 0.2) is 0 Å². The Labute approximate surface area is 156 Å². The first-order valence-corrected chi connectivity index (χ1v) is 8.80. The second kappa shape index (κ2) is 7.48. The summed E-state index contributed by atoms with van der Waals surface area (Å²) in [5.41, 5.74) is -0.165. The predicted octanol–water partition coefficient (Wildman–Crippen LogP) is 2.86. The number of hydrogen-bond donors (Lipinski definition) is 2. The summed E-state index contributed by atoms with van der Waals surface area (Å²) in [6.07, 6.45) is -0.637. The van der Waals surface area contributed by atoms with E-state index >= 15 is 0 Å². The molecule has 26 heavy (non-hydrogen) atoms. The summed E-state index contributed by atoms with van der Waals surface area (Å²) in [7, 11) is 0. The molecule has 0 bridgehead atoms. The van der Waals surface area contributed by atoms with Crippen LogP contribution in [0.25, 0.3) is 0 Å². The van der Waals surface area contributed by atoms with Gasteiger partial charge in [-0.25, -0.2) is 0 Å². The van der Waals surface area contributed by atoms with E-state index in [0.717, 1.165) is 5.56 Å². The maximum atomic E-state index is 12.8. The van der Waals surface area contributed by atoms with Gasteiger partial charge in [0.05, 0.1) is 6.10 Å². The molecule has 1 aliphatic heterocycles. The summed E-state index contributed by atoms with van der Waals surface area (Å²) in [5, 5.41) is 21.0. The van der Waals surface area contributed by atoms with E-state index in [9.17, 15) is 19.8 Å². The number of aliphatic hydroxyl groups excluding tert-OH is 1. The number of carboxylic acids is 1. The molecule has 0 aromatic heterocycles. The molecule has 2 aromatic rings. The van der Waals surface area contributed by atoms with Gasteiger partial charge in [-0.2, -0.15) is 0 Å². The number of rotatable bonds is 4. The lowest BCUT2D eigenvalue weighted by Gasteiger charge is -2.43. The normalized spacial score (nSPS) is 22.8. The third-order valence-electron chi connectivity index (χ3n) is 4.95. The van der Waals surface area contributed by atoms with E-state index in [2.05, 4.69) is 0 Å². The number of hydrogen-bond acceptors (Lipinski definition) is 3. The molecule has 2 aromatic carbocycles. The molecule has 6 heteroatoms. The van der Waals surface area contributed by atoms with E-state index < -0.39 is 17.5 Å². The number of halogens is 1. The number of nitrogens with zero attached hydrogens (tertiary/aromatic N) is 1. The van der Waals surface area contributed by atoms with Crippen LogP contribution in [0.15, 0.2) is 54.6 Å². The summed E-state index contributed by atoms with van der Waals surface area (Å²) in [5.74, 6) is -1.35. The van der Waals surface area contributed by atoms with Crippen LogP contribution in [0, 0.1) is 5.41 Å². The number of aliphatic hydroxyl groups is 1. The first-order chi connectivity index (χ1) is 12.4. The summed E-state index contributed by atoms with van der Waals surface area (Å²) in [4.78, 5) is 26.4. The minimum Gasteiger partial charge on any atom is -0.481 e. The number of aliphatic carboxylic acids is 1. The molecular formula is C20H20ClNO4. The molecule has 1 saturated heterocycles. The molecule has 1 aliphatic rings. The Morgan fingerprint density at radius 1 is 1.12 bits per heavy atom. The van der Waals surface area contributed by atoms with Crippen molar-refractivity contribution in [1.29, 1.82) is 0 Å². The number of piperidine rings is 1. The Morgan fingerprint density at radius 3 is 2.38 bits per heavy atom. The molecule has 3 rings (SSSR count). The smallest absolute Gasteiger partial charge is 0.314 e. The number of amides is 1. The second-order valence-electron chi connectivity index (χ2n) is 6.66. The van der Waals surface area contributed by atoms with Gasteiger partial charge in [-0.3, -0.25) is 9.59 Å². The maximum Gasteiger partial charge on any atom is 0.314 e. The Morgan fingerprint density at radius 2 is 1.77 bits per heavy atom. The number of carbonyl (C=O) groups excluding carboxylic acids is 1. The van der Waals surface area contributed by atoms with Crippen LogP contribution in [0.4, 0.5) is 0 Å². The fraction of sp³-hybridized carbons (Fsp3) is 0.300. The van der Waals surface area contributed by atoms with Crippen LogP contribution in [0.1, 0.15) is 22.3 Å². The Bertz CT molecular complexity index is 793. The Hall–Kier alpha value is -2.37. The lowest BCUT2D eigenvalue weighted by molar-refractivity contribution is -0.161. The van der Waals surface area contributed by atoms with Gasteiger partial charge in [-0.1, -0.05) is 41.9 Å². The highest BCUT2D eigenvalue weighted by molar-refractivity contribution is 6.30. The average Bonchev–Trinajstić information content (AvgIpc) is 2.64. The van der Waals surface area contributed by atoms with Gasteiger partial charge in [0, 0.05) is 23.7 Å². The predicted molar refractivity (Wildman–Crippen MR) is 98.2 cm³/mol. The summed E-state index contributed by atoms with van der Waals surface area (Å²) < 4.78 is 0. The van der Waals surface area contributed by atoms with Crippen LogP contribution >= 0.6 is 11.6 Å². The highest BCUT2D eigenvalue weighted by atomic mass is 35.5. The topological polar surface area (TPSA) is 77.8 Å². The van der Waals surface area contributed by atoms with Crippen molar-refractivity contribution in [3.05, 3.63) is 70.7 Å². The van der Waals surface area contributed by atoms with Gasteiger partial charge in [-0.05, 0) is 42.7 Å². The molecular weight excluding hydrogens is 354 g/mol. The van der Waals surface area contributed by atoms with Crippen molar-refractivity contribution in [3.63, 3.8) is 0 Å². The van der Waals surface area contributed by atoms with Crippen LogP contribution < -0.4 is 0 Å². The van der Waals surface area contributed by atoms with Crippen molar-refractivity contribution in [2.75, 3.05) is 13.1 Å². The quantitative estimate of drug-likeness (QED) is 0.863. The van der Waals surface area contributed by atoms with Crippen molar-refractivity contribution in [1.82, 2.24) is 4.90 Å². The summed E-state index contributed by atoms with van der Waals surface area (Å²) in [6.45, 7) is 0.270. The fourth-order valence-electron chi connectivity index (χ4n) is 3.45. The zero-order chi connectivity index (χ0) is 18.7. The van der Waals surface area contributed by atoms with Gasteiger partial charge >= 0.3 is 5.97 Å². The number of likely N-dealkylation sites (tertiary alicyclic amines) is 1. The lowest BCUT2D eigenvalue weighted by Crippen LogP contribution is -2.58. The van der Waals surface area contributed by atoms with Gasteiger partial charge in [0.1, 0.15) is 5.41 Å². The highest BCUT2D eigenvalue weighted by Crippen LogP contribution is 2.35. The van der Waals surface area contributed by atoms with Crippen molar-refractivity contribution < 1.29 is 19.8 Å². The SMILES string of the molecule is O=C(c1ccc(Cl)cc1)N1CC[C@H](O)[C@](Cc2ccccc2)(C(=O)O)C1. The zero-order valence-electron chi connectivity index (χ0n) is 14.1. The molecule has 0 saturated carbocycles. The molecule has 1 amide bonds. The van der Waals surface area contributed by atoms with E-state index in [4.69, 9.17) is 11.6 Å². The monoisotopic (exact) mass is 373 g/mol. The van der Waals surface area contributed by atoms with Gasteiger partial charge in [0.2, 0.25) is 0 Å². The first kappa shape index (κ1) is 18.4. The number of carbonyl (C=O) groups is 2. The minimum atomic E-state index is -1.43. The zero-order valence-corrected chi connectivity index (χ0v) is 14.9. The summed E-state index contributed by atoms with van der Waals surface area (Å²) in [6, 6.07) is 15.7. The largest absolute Gasteiger partial charge is 0.481 e.